The van der Waals surface area contributed by atoms with Crippen LogP contribution < -0.4 is 0 Å². The van der Waals surface area contributed by atoms with Crippen LogP contribution in [-0.2, 0) is 5.41 Å². The van der Waals surface area contributed by atoms with Crippen molar-refractivity contribution in [2.24, 2.45) is 0 Å². The van der Waals surface area contributed by atoms with Crippen LogP contribution in [0.2, 0.25) is 0 Å². The molecule has 0 saturated heterocycles. The van der Waals surface area contributed by atoms with Crippen LogP contribution in [-0.4, -0.2) is 19.9 Å². The van der Waals surface area contributed by atoms with E-state index in [1.165, 1.54) is 38.3 Å². The third-order valence-corrected chi connectivity index (χ3v) is 12.1. The van der Waals surface area contributed by atoms with Crippen LogP contribution in [0.4, 0.5) is 0 Å². The molecule has 2 aliphatic rings. The summed E-state index contributed by atoms with van der Waals surface area (Å²) < 4.78 is 0. The molecule has 3 heterocycles. The van der Waals surface area contributed by atoms with Crippen LogP contribution >= 0.6 is 11.8 Å². The maximum absolute atomic E-state index is 5.24. The molecule has 7 aromatic carbocycles. The van der Waals surface area contributed by atoms with Gasteiger partial charge in [-0.15, -0.1) is 0 Å². The Morgan fingerprint density at radius 1 is 0.352 bits per heavy atom. The van der Waals surface area contributed by atoms with E-state index < -0.39 is 5.41 Å². The Hall–Kier alpha value is -6.69. The second-order valence-electron chi connectivity index (χ2n) is 13.7. The van der Waals surface area contributed by atoms with E-state index in [4.69, 9.17) is 19.9 Å². The summed E-state index contributed by atoms with van der Waals surface area (Å²) in [6.45, 7) is 0. The average molecular weight is 707 g/mol. The first-order chi connectivity index (χ1) is 26.8. The van der Waals surface area contributed by atoms with Gasteiger partial charge in [0, 0.05) is 43.6 Å². The Bertz CT molecular complexity index is 2810. The highest BCUT2D eigenvalue weighted by Crippen LogP contribution is 2.64. The maximum Gasteiger partial charge on any atom is 0.165 e. The molecular weight excluding hydrogens is 677 g/mol. The molecule has 2 aromatic heterocycles. The molecule has 0 saturated carbocycles. The Balaban J connectivity index is 1.24. The molecule has 1 aliphatic heterocycles. The normalized spacial score (nSPS) is 13.3. The highest BCUT2D eigenvalue weighted by Gasteiger charge is 2.51. The predicted octanol–water partition coefficient (Wildman–Crippen LogP) is 11.9. The van der Waals surface area contributed by atoms with Gasteiger partial charge in [0.2, 0.25) is 0 Å². The van der Waals surface area contributed by atoms with Gasteiger partial charge in [0.15, 0.2) is 17.5 Å². The molecule has 54 heavy (non-hydrogen) atoms. The van der Waals surface area contributed by atoms with Crippen LogP contribution in [0.25, 0.3) is 67.3 Å². The third kappa shape index (κ3) is 4.52. The van der Waals surface area contributed by atoms with E-state index in [-0.39, 0.29) is 0 Å². The standard InChI is InChI=1S/C49H30N4S/c1-3-15-32(16-4-1)46-51-47(33-17-5-2-6-18-33)53-48(52-46)38-25-13-29-42-45(38)54-44-37(36-23-11-19-31-20-14-30-50-43(31)36)24-12-28-41(44)49(42)39-26-9-7-21-34(39)35-22-8-10-27-40(35)49/h1-30H. The summed E-state index contributed by atoms with van der Waals surface area (Å²) in [7, 11) is 0. The number of fused-ring (bicyclic) bond motifs is 10. The van der Waals surface area contributed by atoms with Gasteiger partial charge in [-0.25, -0.2) is 15.0 Å². The van der Waals surface area contributed by atoms with Crippen molar-refractivity contribution in [3.63, 3.8) is 0 Å². The fourth-order valence-electron chi connectivity index (χ4n) is 8.59. The van der Waals surface area contributed by atoms with Gasteiger partial charge in [-0.2, -0.15) is 0 Å². The van der Waals surface area contributed by atoms with Crippen LogP contribution in [0, 0.1) is 0 Å². The lowest BCUT2D eigenvalue weighted by molar-refractivity contribution is 0.723. The fraction of sp³-hybridized carbons (Fsp3) is 0.0204. The molecule has 0 atom stereocenters. The van der Waals surface area contributed by atoms with Gasteiger partial charge in [0.1, 0.15) is 0 Å². The van der Waals surface area contributed by atoms with E-state index in [2.05, 4.69) is 133 Å². The topological polar surface area (TPSA) is 51.6 Å². The quantitative estimate of drug-likeness (QED) is 0.182. The molecule has 1 aliphatic carbocycles. The molecule has 0 unspecified atom stereocenters. The Morgan fingerprint density at radius 3 is 1.46 bits per heavy atom. The molecule has 252 valence electrons. The van der Waals surface area contributed by atoms with E-state index in [0.29, 0.717) is 17.5 Å². The van der Waals surface area contributed by atoms with Crippen molar-refractivity contribution in [2.45, 2.75) is 15.2 Å². The minimum absolute atomic E-state index is 0.579. The van der Waals surface area contributed by atoms with Crippen molar-refractivity contribution < 1.29 is 0 Å². The van der Waals surface area contributed by atoms with Crippen LogP contribution in [0.15, 0.2) is 192 Å². The lowest BCUT2D eigenvalue weighted by Crippen LogP contribution is -2.32. The smallest absolute Gasteiger partial charge is 0.165 e. The van der Waals surface area contributed by atoms with Gasteiger partial charge in [0.05, 0.1) is 10.9 Å². The molecule has 5 heteroatoms. The Labute approximate surface area is 317 Å². The van der Waals surface area contributed by atoms with Gasteiger partial charge in [-0.3, -0.25) is 4.98 Å². The second-order valence-corrected chi connectivity index (χ2v) is 14.7. The van der Waals surface area contributed by atoms with E-state index in [9.17, 15) is 0 Å². The predicted molar refractivity (Wildman–Crippen MR) is 218 cm³/mol. The van der Waals surface area contributed by atoms with Gasteiger partial charge >= 0.3 is 0 Å². The van der Waals surface area contributed by atoms with Crippen molar-refractivity contribution in [3.05, 3.63) is 204 Å². The number of benzene rings is 7. The summed E-state index contributed by atoms with van der Waals surface area (Å²) in [6.07, 6.45) is 1.89. The fourth-order valence-corrected chi connectivity index (χ4v) is 10.0. The minimum atomic E-state index is -0.579. The molecule has 0 bridgehead atoms. The number of nitrogens with zero attached hydrogens (tertiary/aromatic N) is 4. The van der Waals surface area contributed by atoms with Crippen molar-refractivity contribution in [1.82, 2.24) is 19.9 Å². The SMILES string of the molecule is c1ccc(-c2nc(-c3ccccc3)nc(-c3cccc4c3Sc3c(-c5cccc6cccnc56)cccc3C43c4ccccc4-c4ccccc43)n2)cc1. The van der Waals surface area contributed by atoms with Crippen molar-refractivity contribution in [2.75, 3.05) is 0 Å². The van der Waals surface area contributed by atoms with E-state index in [1.807, 2.05) is 60.4 Å². The molecule has 1 spiro atoms. The zero-order valence-corrected chi connectivity index (χ0v) is 29.8. The molecule has 0 amide bonds. The first-order valence-corrected chi connectivity index (χ1v) is 19.0. The first kappa shape index (κ1) is 30.9. The molecule has 9 aromatic rings. The van der Waals surface area contributed by atoms with Gasteiger partial charge in [-0.1, -0.05) is 182 Å². The van der Waals surface area contributed by atoms with E-state index in [1.54, 1.807) is 0 Å². The first-order valence-electron chi connectivity index (χ1n) is 18.1. The summed E-state index contributed by atoms with van der Waals surface area (Å²) in [5, 5.41) is 1.12. The molecular formula is C49H30N4S. The number of hydrogen-bond donors (Lipinski definition) is 0. The van der Waals surface area contributed by atoms with Crippen LogP contribution in [0.1, 0.15) is 22.3 Å². The number of pyridine rings is 1. The summed E-state index contributed by atoms with van der Waals surface area (Å²) >= 11 is 1.82. The molecule has 0 fully saturated rings. The van der Waals surface area contributed by atoms with E-state index in [0.717, 1.165) is 43.6 Å². The van der Waals surface area contributed by atoms with Crippen LogP contribution in [0.5, 0.6) is 0 Å². The maximum atomic E-state index is 5.24. The van der Waals surface area contributed by atoms with Crippen molar-refractivity contribution >= 4 is 22.7 Å². The summed E-state index contributed by atoms with van der Waals surface area (Å²) in [5.41, 5.74) is 13.1. The second kappa shape index (κ2) is 12.2. The van der Waals surface area contributed by atoms with Crippen LogP contribution in [0.3, 0.4) is 0 Å². The number of rotatable bonds is 4. The Morgan fingerprint density at radius 2 is 0.815 bits per heavy atom. The zero-order valence-electron chi connectivity index (χ0n) is 29.0. The number of hydrogen-bond acceptors (Lipinski definition) is 5. The van der Waals surface area contributed by atoms with Gasteiger partial charge in [-0.05, 0) is 45.0 Å². The highest BCUT2D eigenvalue weighted by atomic mass is 32.2. The highest BCUT2D eigenvalue weighted by molar-refractivity contribution is 7.99. The molecule has 0 N–H and O–H groups in total. The summed E-state index contributed by atoms with van der Waals surface area (Å²) in [6, 6.07) is 62.4. The van der Waals surface area contributed by atoms with Crippen molar-refractivity contribution in [1.29, 1.82) is 0 Å². The lowest BCUT2D eigenvalue weighted by atomic mass is 9.66. The zero-order chi connectivity index (χ0) is 35.6. The lowest BCUT2D eigenvalue weighted by Gasteiger charge is -2.41. The molecule has 0 radical (unpaired) electrons. The van der Waals surface area contributed by atoms with Gasteiger partial charge in [0.25, 0.3) is 0 Å². The number of para-hydroxylation sites is 1. The Kier molecular flexibility index (Phi) is 6.97. The number of aromatic nitrogens is 4. The minimum Gasteiger partial charge on any atom is -0.256 e. The average Bonchev–Trinajstić information content (AvgIpc) is 3.54. The largest absolute Gasteiger partial charge is 0.256 e. The third-order valence-electron chi connectivity index (χ3n) is 10.9. The molecule has 4 nitrogen and oxygen atoms in total. The van der Waals surface area contributed by atoms with E-state index >= 15 is 0 Å². The molecule has 11 rings (SSSR count). The summed E-state index contributed by atoms with van der Waals surface area (Å²) in [4.78, 5) is 22.8. The summed E-state index contributed by atoms with van der Waals surface area (Å²) in [5.74, 6) is 1.94. The van der Waals surface area contributed by atoms with Gasteiger partial charge < -0.3 is 0 Å². The van der Waals surface area contributed by atoms with Crippen molar-refractivity contribution in [3.8, 4) is 56.4 Å². The monoisotopic (exact) mass is 706 g/mol.